The maximum absolute atomic E-state index is 5.61. The van der Waals surface area contributed by atoms with E-state index in [1.54, 1.807) is 0 Å². The molecule has 0 aliphatic rings. The summed E-state index contributed by atoms with van der Waals surface area (Å²) < 4.78 is 0.937. The van der Waals surface area contributed by atoms with Crippen molar-refractivity contribution in [2.45, 2.75) is 19.4 Å². The van der Waals surface area contributed by atoms with Crippen LogP contribution in [0.25, 0.3) is 0 Å². The van der Waals surface area contributed by atoms with Gasteiger partial charge < -0.3 is 11.1 Å². The van der Waals surface area contributed by atoms with Gasteiger partial charge in [-0.1, -0.05) is 12.2 Å². The summed E-state index contributed by atoms with van der Waals surface area (Å²) >= 11 is 10.3. The number of thiocarbonyl (C=S) groups is 1. The second-order valence-corrected chi connectivity index (χ2v) is 6.17. The van der Waals surface area contributed by atoms with Crippen LogP contribution in [0.2, 0.25) is 0 Å². The number of anilines is 1. The van der Waals surface area contributed by atoms with Crippen molar-refractivity contribution in [3.05, 3.63) is 28.2 Å². The zero-order chi connectivity index (χ0) is 12.8. The van der Waals surface area contributed by atoms with E-state index in [2.05, 4.69) is 34.4 Å². The molecular weight excluding hydrogens is 316 g/mol. The normalized spacial score (nSPS) is 12.2. The number of benzene rings is 1. The molecule has 2 nitrogen and oxygen atoms in total. The zero-order valence-corrected chi connectivity index (χ0v) is 13.2. The van der Waals surface area contributed by atoms with Crippen molar-refractivity contribution in [2.24, 2.45) is 5.73 Å². The lowest BCUT2D eigenvalue weighted by molar-refractivity contribution is 0.772. The van der Waals surface area contributed by atoms with E-state index in [4.69, 9.17) is 18.0 Å². The lowest BCUT2D eigenvalue weighted by Crippen LogP contribution is -2.16. The quantitative estimate of drug-likeness (QED) is 0.780. The number of thioether (sulfide) groups is 1. The van der Waals surface area contributed by atoms with Crippen molar-refractivity contribution in [1.82, 2.24) is 0 Å². The standard InChI is InChI=1S/C12H17BrN2S2/c1-8(5-6-17-2)15-9-3-4-10(12(14)16)11(13)7-9/h3-4,7-8,15H,5-6H2,1-2H3,(H2,14,16). The second kappa shape index (κ2) is 7.24. The predicted octanol–water partition coefficient (Wildman–Crippen LogP) is 3.64. The summed E-state index contributed by atoms with van der Waals surface area (Å²) in [6, 6.07) is 6.43. The van der Waals surface area contributed by atoms with E-state index < -0.39 is 0 Å². The van der Waals surface area contributed by atoms with E-state index in [-0.39, 0.29) is 0 Å². The number of rotatable bonds is 6. The molecule has 0 amide bonds. The molecule has 0 bridgehead atoms. The first-order valence-corrected chi connectivity index (χ1v) is 7.99. The number of halogens is 1. The molecule has 0 saturated carbocycles. The van der Waals surface area contributed by atoms with Gasteiger partial charge in [-0.2, -0.15) is 11.8 Å². The molecule has 0 aromatic heterocycles. The molecule has 0 aliphatic heterocycles. The van der Waals surface area contributed by atoms with Gasteiger partial charge in [-0.3, -0.25) is 0 Å². The van der Waals surface area contributed by atoms with E-state index in [9.17, 15) is 0 Å². The Kier molecular flexibility index (Phi) is 6.30. The lowest BCUT2D eigenvalue weighted by Gasteiger charge is -2.15. The van der Waals surface area contributed by atoms with Crippen molar-refractivity contribution < 1.29 is 0 Å². The molecular formula is C12H17BrN2S2. The van der Waals surface area contributed by atoms with Gasteiger partial charge in [-0.15, -0.1) is 0 Å². The molecule has 1 aromatic rings. The summed E-state index contributed by atoms with van der Waals surface area (Å²) in [7, 11) is 0. The van der Waals surface area contributed by atoms with Crippen LogP contribution >= 0.6 is 39.9 Å². The number of hydrogen-bond donors (Lipinski definition) is 2. The minimum Gasteiger partial charge on any atom is -0.389 e. The monoisotopic (exact) mass is 332 g/mol. The Hall–Kier alpha value is -0.260. The predicted molar refractivity (Wildman–Crippen MR) is 86.1 cm³/mol. The molecule has 0 radical (unpaired) electrons. The summed E-state index contributed by atoms with van der Waals surface area (Å²) in [6.45, 7) is 2.19. The highest BCUT2D eigenvalue weighted by atomic mass is 79.9. The summed E-state index contributed by atoms with van der Waals surface area (Å²) in [6.07, 6.45) is 3.27. The summed E-state index contributed by atoms with van der Waals surface area (Å²) in [5, 5.41) is 3.46. The lowest BCUT2D eigenvalue weighted by atomic mass is 10.2. The van der Waals surface area contributed by atoms with Crippen molar-refractivity contribution in [1.29, 1.82) is 0 Å². The maximum atomic E-state index is 5.61. The largest absolute Gasteiger partial charge is 0.389 e. The highest BCUT2D eigenvalue weighted by molar-refractivity contribution is 9.10. The Morgan fingerprint density at radius 3 is 2.82 bits per heavy atom. The van der Waals surface area contributed by atoms with Gasteiger partial charge in [0.25, 0.3) is 0 Å². The first-order chi connectivity index (χ1) is 8.04. The van der Waals surface area contributed by atoms with Crippen LogP contribution in [0.1, 0.15) is 18.9 Å². The van der Waals surface area contributed by atoms with Crippen LogP contribution in [0, 0.1) is 0 Å². The van der Waals surface area contributed by atoms with Crippen LogP contribution in [0.15, 0.2) is 22.7 Å². The third kappa shape index (κ3) is 4.85. The fourth-order valence-electron chi connectivity index (χ4n) is 1.46. The van der Waals surface area contributed by atoms with Crippen LogP contribution in [-0.2, 0) is 0 Å². The Balaban J connectivity index is 2.67. The zero-order valence-electron chi connectivity index (χ0n) is 10.00. The van der Waals surface area contributed by atoms with Gasteiger partial charge in [0.1, 0.15) is 4.99 Å². The molecule has 1 atom stereocenters. The molecule has 5 heteroatoms. The van der Waals surface area contributed by atoms with Crippen molar-refractivity contribution in [3.63, 3.8) is 0 Å². The van der Waals surface area contributed by atoms with Gasteiger partial charge in [-0.25, -0.2) is 0 Å². The molecule has 1 unspecified atom stereocenters. The molecule has 17 heavy (non-hydrogen) atoms. The average molecular weight is 333 g/mol. The van der Waals surface area contributed by atoms with E-state index in [1.165, 1.54) is 5.75 Å². The van der Waals surface area contributed by atoms with Gasteiger partial charge >= 0.3 is 0 Å². The fourth-order valence-corrected chi connectivity index (χ4v) is 2.95. The minimum atomic E-state index is 0.416. The van der Waals surface area contributed by atoms with Crippen LogP contribution < -0.4 is 11.1 Å². The molecule has 0 aliphatic carbocycles. The van der Waals surface area contributed by atoms with Crippen molar-refractivity contribution in [2.75, 3.05) is 17.3 Å². The van der Waals surface area contributed by atoms with Crippen LogP contribution in [0.4, 0.5) is 5.69 Å². The highest BCUT2D eigenvalue weighted by Crippen LogP contribution is 2.22. The minimum absolute atomic E-state index is 0.416. The summed E-state index contributed by atoms with van der Waals surface area (Å²) in [5.74, 6) is 1.17. The molecule has 0 saturated heterocycles. The second-order valence-electron chi connectivity index (χ2n) is 3.89. The van der Waals surface area contributed by atoms with Gasteiger partial charge in [0, 0.05) is 21.8 Å². The molecule has 0 spiro atoms. The topological polar surface area (TPSA) is 38.0 Å². The molecule has 94 valence electrons. The van der Waals surface area contributed by atoms with Gasteiger partial charge in [0.2, 0.25) is 0 Å². The Morgan fingerprint density at radius 2 is 2.29 bits per heavy atom. The first kappa shape index (κ1) is 14.8. The maximum Gasteiger partial charge on any atom is 0.105 e. The SMILES string of the molecule is CSCCC(C)Nc1ccc(C(N)=S)c(Br)c1. The first-order valence-electron chi connectivity index (χ1n) is 5.39. The number of hydrogen-bond acceptors (Lipinski definition) is 3. The van der Waals surface area contributed by atoms with E-state index >= 15 is 0 Å². The third-order valence-electron chi connectivity index (χ3n) is 2.40. The smallest absolute Gasteiger partial charge is 0.105 e. The number of nitrogens with two attached hydrogens (primary N) is 1. The van der Waals surface area contributed by atoms with Gasteiger partial charge in [0.15, 0.2) is 0 Å². The van der Waals surface area contributed by atoms with E-state index in [0.717, 1.165) is 22.1 Å². The van der Waals surface area contributed by atoms with Gasteiger partial charge in [-0.05, 0) is 59.5 Å². The van der Waals surface area contributed by atoms with Crippen LogP contribution in [0.3, 0.4) is 0 Å². The summed E-state index contributed by atoms with van der Waals surface area (Å²) in [4.78, 5) is 0.416. The molecule has 1 rings (SSSR count). The van der Waals surface area contributed by atoms with Crippen LogP contribution in [0.5, 0.6) is 0 Å². The Morgan fingerprint density at radius 1 is 1.59 bits per heavy atom. The molecule has 1 aromatic carbocycles. The number of nitrogens with one attached hydrogen (secondary N) is 1. The third-order valence-corrected chi connectivity index (χ3v) is 3.92. The highest BCUT2D eigenvalue weighted by Gasteiger charge is 2.06. The van der Waals surface area contributed by atoms with Crippen molar-refractivity contribution in [3.8, 4) is 0 Å². The fraction of sp³-hybridized carbons (Fsp3) is 0.417. The average Bonchev–Trinajstić information content (AvgIpc) is 2.26. The molecule has 3 N–H and O–H groups in total. The molecule has 0 fully saturated rings. The molecule has 0 heterocycles. The van der Waals surface area contributed by atoms with Crippen LogP contribution in [-0.4, -0.2) is 23.0 Å². The van der Waals surface area contributed by atoms with E-state index in [0.29, 0.717) is 11.0 Å². The Labute approximate surface area is 121 Å². The summed E-state index contributed by atoms with van der Waals surface area (Å²) in [5.41, 5.74) is 7.58. The van der Waals surface area contributed by atoms with Gasteiger partial charge in [0.05, 0.1) is 0 Å². The van der Waals surface area contributed by atoms with Crippen molar-refractivity contribution >= 4 is 50.6 Å². The Bertz CT molecular complexity index is 396. The van der Waals surface area contributed by atoms with E-state index in [1.807, 2.05) is 30.0 Å².